The lowest BCUT2D eigenvalue weighted by Crippen LogP contribution is -2.15. The van der Waals surface area contributed by atoms with Gasteiger partial charge in [0, 0.05) is 11.3 Å². The molecule has 8 nitrogen and oxygen atoms in total. The topological polar surface area (TPSA) is 112 Å². The molecule has 0 radical (unpaired) electrons. The van der Waals surface area contributed by atoms with Crippen molar-refractivity contribution in [2.45, 2.75) is 19.3 Å². The molecule has 21 heavy (non-hydrogen) atoms. The van der Waals surface area contributed by atoms with Crippen LogP contribution in [0.15, 0.2) is 34.9 Å². The van der Waals surface area contributed by atoms with Crippen LogP contribution in [0.5, 0.6) is 0 Å². The zero-order chi connectivity index (χ0) is 15.4. The van der Waals surface area contributed by atoms with E-state index < -0.39 is 15.8 Å². The lowest BCUT2D eigenvalue weighted by atomic mass is 9.94. The predicted molar refractivity (Wildman–Crippen MR) is 72.6 cm³/mol. The second kappa shape index (κ2) is 6.12. The third-order valence-corrected chi connectivity index (χ3v) is 3.15. The smallest absolute Gasteiger partial charge is 0.334 e. The Kier molecular flexibility index (Phi) is 4.27. The van der Waals surface area contributed by atoms with Crippen LogP contribution in [-0.4, -0.2) is 21.5 Å². The van der Waals surface area contributed by atoms with Crippen molar-refractivity contribution in [1.29, 1.82) is 0 Å². The minimum absolute atomic E-state index is 0.0577. The summed E-state index contributed by atoms with van der Waals surface area (Å²) in [5.74, 6) is -0.444. The van der Waals surface area contributed by atoms with Crippen LogP contribution in [0.4, 0.5) is 5.69 Å². The summed E-state index contributed by atoms with van der Waals surface area (Å²) in [6, 6.07) is 8.84. The van der Waals surface area contributed by atoms with Gasteiger partial charge in [-0.25, -0.2) is 0 Å². The van der Waals surface area contributed by atoms with Crippen molar-refractivity contribution in [3.05, 3.63) is 67.6 Å². The first-order valence-electron chi connectivity index (χ1n) is 6.25. The number of aryl methyl sites for hydroxylation is 1. The third-order valence-electron chi connectivity index (χ3n) is 3.15. The van der Waals surface area contributed by atoms with E-state index in [1.165, 1.54) is 6.92 Å². The second-order valence-electron chi connectivity index (χ2n) is 4.62. The number of rotatable bonds is 6. The van der Waals surface area contributed by atoms with Gasteiger partial charge in [-0.3, -0.25) is 20.2 Å². The zero-order valence-corrected chi connectivity index (χ0v) is 11.3. The van der Waals surface area contributed by atoms with Gasteiger partial charge in [0.05, 0.1) is 10.8 Å². The molecule has 0 aliphatic heterocycles. The highest BCUT2D eigenvalue weighted by molar-refractivity contribution is 5.38. The highest BCUT2D eigenvalue weighted by Crippen LogP contribution is 2.29. The molecule has 2 aromatic rings. The van der Waals surface area contributed by atoms with E-state index >= 15 is 0 Å². The van der Waals surface area contributed by atoms with E-state index in [9.17, 15) is 20.2 Å². The van der Waals surface area contributed by atoms with E-state index in [-0.39, 0.29) is 30.1 Å². The van der Waals surface area contributed by atoms with E-state index in [4.69, 9.17) is 4.52 Å². The van der Waals surface area contributed by atoms with E-state index in [0.717, 1.165) is 5.56 Å². The summed E-state index contributed by atoms with van der Waals surface area (Å²) in [5.41, 5.74) is 0.694. The number of hydrogen-bond acceptors (Lipinski definition) is 6. The molecule has 0 saturated heterocycles. The molecule has 110 valence electrons. The average Bonchev–Trinajstić information content (AvgIpc) is 2.79. The fourth-order valence-electron chi connectivity index (χ4n) is 2.20. The van der Waals surface area contributed by atoms with Gasteiger partial charge in [0.1, 0.15) is 0 Å². The Hall–Kier alpha value is -2.77. The standard InChI is InChI=1S/C13H13N3O5/c1-9-13(16(19)20)12(21-14-9)7-11(8-15(17)18)10-5-3-2-4-6-10/h2-6,11H,7-8H2,1H3/t11-/m1/s1. The molecule has 1 heterocycles. The van der Waals surface area contributed by atoms with Gasteiger partial charge in [0.25, 0.3) is 0 Å². The normalized spacial score (nSPS) is 12.0. The highest BCUT2D eigenvalue weighted by atomic mass is 16.6. The van der Waals surface area contributed by atoms with Crippen LogP contribution >= 0.6 is 0 Å². The molecule has 0 aliphatic rings. The maximum Gasteiger partial charge on any atom is 0.334 e. The number of benzene rings is 1. The minimum Gasteiger partial charge on any atom is -0.354 e. The maximum atomic E-state index is 11.0. The van der Waals surface area contributed by atoms with Gasteiger partial charge in [-0.15, -0.1) is 0 Å². The van der Waals surface area contributed by atoms with E-state index in [1.807, 2.05) is 0 Å². The summed E-state index contributed by atoms with van der Waals surface area (Å²) in [5, 5.41) is 25.4. The van der Waals surface area contributed by atoms with E-state index in [2.05, 4.69) is 5.16 Å². The molecular weight excluding hydrogens is 278 g/mol. The molecule has 0 N–H and O–H groups in total. The number of nitrogens with zero attached hydrogens (tertiary/aromatic N) is 3. The molecule has 1 aromatic heterocycles. The average molecular weight is 291 g/mol. The first-order chi connectivity index (χ1) is 9.99. The molecule has 1 atom stereocenters. The highest BCUT2D eigenvalue weighted by Gasteiger charge is 2.29. The molecule has 0 aliphatic carbocycles. The summed E-state index contributed by atoms with van der Waals surface area (Å²) >= 11 is 0. The lowest BCUT2D eigenvalue weighted by Gasteiger charge is -2.10. The van der Waals surface area contributed by atoms with Gasteiger partial charge in [-0.2, -0.15) is 0 Å². The summed E-state index contributed by atoms with van der Waals surface area (Å²) in [4.78, 5) is 20.8. The number of nitro groups is 2. The Balaban J connectivity index is 2.32. The summed E-state index contributed by atoms with van der Waals surface area (Å²) in [6.45, 7) is 1.14. The van der Waals surface area contributed by atoms with Gasteiger partial charge in [0.2, 0.25) is 12.3 Å². The lowest BCUT2D eigenvalue weighted by molar-refractivity contribution is -0.483. The molecule has 8 heteroatoms. The molecular formula is C13H13N3O5. The minimum atomic E-state index is -0.574. The zero-order valence-electron chi connectivity index (χ0n) is 11.3. The van der Waals surface area contributed by atoms with Crippen molar-refractivity contribution >= 4 is 5.69 Å². The van der Waals surface area contributed by atoms with Crippen LogP contribution < -0.4 is 0 Å². The molecule has 0 spiro atoms. The van der Waals surface area contributed by atoms with Gasteiger partial charge in [-0.1, -0.05) is 35.5 Å². The fourth-order valence-corrected chi connectivity index (χ4v) is 2.20. The Morgan fingerprint density at radius 2 is 1.90 bits per heavy atom. The Morgan fingerprint density at radius 1 is 1.24 bits per heavy atom. The van der Waals surface area contributed by atoms with Gasteiger partial charge >= 0.3 is 5.69 Å². The van der Waals surface area contributed by atoms with Crippen LogP contribution in [0.3, 0.4) is 0 Å². The molecule has 2 rings (SSSR count). The summed E-state index contributed by atoms with van der Waals surface area (Å²) in [6.07, 6.45) is 0.0577. The predicted octanol–water partition coefficient (Wildman–Crippen LogP) is 2.49. The van der Waals surface area contributed by atoms with Crippen LogP contribution in [-0.2, 0) is 6.42 Å². The van der Waals surface area contributed by atoms with Gasteiger partial charge in [-0.05, 0) is 12.5 Å². The fraction of sp³-hybridized carbons (Fsp3) is 0.308. The Morgan fingerprint density at radius 3 is 2.48 bits per heavy atom. The SMILES string of the molecule is Cc1noc(C[C@H](C[N+](=O)[O-])c2ccccc2)c1[N+](=O)[O-]. The van der Waals surface area contributed by atoms with Crippen molar-refractivity contribution in [3.63, 3.8) is 0 Å². The quantitative estimate of drug-likeness (QED) is 0.597. The summed E-state index contributed by atoms with van der Waals surface area (Å²) in [7, 11) is 0. The second-order valence-corrected chi connectivity index (χ2v) is 4.62. The maximum absolute atomic E-state index is 11.0. The van der Waals surface area contributed by atoms with Crippen LogP contribution in [0.2, 0.25) is 0 Å². The molecule has 0 amide bonds. The third kappa shape index (κ3) is 3.41. The number of hydrogen-bond donors (Lipinski definition) is 0. The van der Waals surface area contributed by atoms with Crippen LogP contribution in [0.1, 0.15) is 22.9 Å². The van der Waals surface area contributed by atoms with Crippen LogP contribution in [0, 0.1) is 27.2 Å². The summed E-state index contributed by atoms with van der Waals surface area (Å²) < 4.78 is 4.98. The van der Waals surface area contributed by atoms with E-state index in [1.54, 1.807) is 30.3 Å². The first-order valence-corrected chi connectivity index (χ1v) is 6.25. The monoisotopic (exact) mass is 291 g/mol. The van der Waals surface area contributed by atoms with Gasteiger partial charge < -0.3 is 4.52 Å². The van der Waals surface area contributed by atoms with Crippen molar-refractivity contribution < 1.29 is 14.4 Å². The van der Waals surface area contributed by atoms with Crippen molar-refractivity contribution in [3.8, 4) is 0 Å². The Labute approximate surface area is 119 Å². The first kappa shape index (κ1) is 14.6. The van der Waals surface area contributed by atoms with Crippen molar-refractivity contribution in [2.24, 2.45) is 0 Å². The molecule has 0 saturated carbocycles. The van der Waals surface area contributed by atoms with E-state index in [0.29, 0.717) is 0 Å². The largest absolute Gasteiger partial charge is 0.354 e. The molecule has 0 bridgehead atoms. The van der Waals surface area contributed by atoms with Crippen LogP contribution in [0.25, 0.3) is 0 Å². The van der Waals surface area contributed by atoms with Crippen molar-refractivity contribution in [1.82, 2.24) is 5.16 Å². The van der Waals surface area contributed by atoms with Gasteiger partial charge in [0.15, 0.2) is 5.69 Å². The van der Waals surface area contributed by atoms with Crippen molar-refractivity contribution in [2.75, 3.05) is 6.54 Å². The number of aromatic nitrogens is 1. The molecule has 1 aromatic carbocycles. The molecule has 0 fully saturated rings. The molecule has 0 unspecified atom stereocenters. The Bertz CT molecular complexity index is 653.